The molecule has 14 heavy (non-hydrogen) atoms. The molecule has 0 aliphatic rings. The van der Waals surface area contributed by atoms with Gasteiger partial charge in [-0.25, -0.2) is 9.97 Å². The van der Waals surface area contributed by atoms with Gasteiger partial charge in [-0.1, -0.05) is 6.92 Å². The average molecular weight is 214 g/mol. The number of rotatable bonds is 6. The molecule has 1 aromatic heterocycles. The summed E-state index contributed by atoms with van der Waals surface area (Å²) in [5.74, 6) is 2.03. The van der Waals surface area contributed by atoms with E-state index in [-0.39, 0.29) is 0 Å². The van der Waals surface area contributed by atoms with E-state index in [2.05, 4.69) is 22.2 Å². The third-order valence-corrected chi connectivity index (χ3v) is 2.51. The molecule has 1 rings (SSSR count). The predicted molar refractivity (Wildman–Crippen MR) is 59.6 cm³/mol. The highest BCUT2D eigenvalue weighted by molar-refractivity contribution is 6.18. The first kappa shape index (κ1) is 11.2. The summed E-state index contributed by atoms with van der Waals surface area (Å²) in [5, 5.41) is 3.16. The van der Waals surface area contributed by atoms with E-state index in [0.717, 1.165) is 25.3 Å². The fourth-order valence-electron chi connectivity index (χ4n) is 1.12. The highest BCUT2D eigenvalue weighted by Crippen LogP contribution is 2.07. The van der Waals surface area contributed by atoms with Gasteiger partial charge in [-0.2, -0.15) is 0 Å². The molecular formula is C10H16ClN3. The summed E-state index contributed by atoms with van der Waals surface area (Å²) in [4.78, 5) is 8.13. The Morgan fingerprint density at radius 3 is 2.79 bits per heavy atom. The van der Waals surface area contributed by atoms with Crippen LogP contribution in [0.5, 0.6) is 0 Å². The van der Waals surface area contributed by atoms with Gasteiger partial charge in [-0.15, -0.1) is 11.6 Å². The van der Waals surface area contributed by atoms with Crippen LogP contribution in [0.15, 0.2) is 18.5 Å². The number of hydrogen-bond acceptors (Lipinski definition) is 3. The Morgan fingerprint density at radius 2 is 2.14 bits per heavy atom. The van der Waals surface area contributed by atoms with Gasteiger partial charge in [-0.3, -0.25) is 0 Å². The fraction of sp³-hybridized carbons (Fsp3) is 0.600. The Balaban J connectivity index is 2.10. The van der Waals surface area contributed by atoms with Crippen molar-refractivity contribution in [2.24, 2.45) is 5.92 Å². The van der Waals surface area contributed by atoms with Crippen LogP contribution in [-0.4, -0.2) is 22.4 Å². The summed E-state index contributed by atoms with van der Waals surface area (Å²) in [5.41, 5.74) is 0. The maximum atomic E-state index is 5.70. The molecule has 0 fully saturated rings. The topological polar surface area (TPSA) is 37.8 Å². The monoisotopic (exact) mass is 213 g/mol. The van der Waals surface area contributed by atoms with Crippen molar-refractivity contribution in [1.29, 1.82) is 0 Å². The van der Waals surface area contributed by atoms with Crippen LogP contribution in [-0.2, 0) is 0 Å². The third kappa shape index (κ3) is 4.42. The van der Waals surface area contributed by atoms with Gasteiger partial charge in [0.15, 0.2) is 0 Å². The largest absolute Gasteiger partial charge is 0.354 e. The first-order valence-electron chi connectivity index (χ1n) is 4.89. The number of nitrogens with one attached hydrogen (secondary N) is 1. The number of alkyl halides is 1. The summed E-state index contributed by atoms with van der Waals surface area (Å²) in [6.07, 6.45) is 5.71. The molecule has 78 valence electrons. The van der Waals surface area contributed by atoms with E-state index < -0.39 is 0 Å². The van der Waals surface area contributed by atoms with Crippen molar-refractivity contribution in [2.75, 3.05) is 17.7 Å². The van der Waals surface area contributed by atoms with Crippen LogP contribution in [0.2, 0.25) is 0 Å². The molecule has 1 N–H and O–H groups in total. The molecule has 0 aliphatic heterocycles. The molecule has 0 saturated heterocycles. The number of hydrogen-bond donors (Lipinski definition) is 1. The van der Waals surface area contributed by atoms with Crippen LogP contribution >= 0.6 is 11.6 Å². The van der Waals surface area contributed by atoms with Crippen LogP contribution in [0, 0.1) is 5.92 Å². The van der Waals surface area contributed by atoms with Crippen LogP contribution < -0.4 is 5.32 Å². The number of nitrogens with zero attached hydrogens (tertiary/aromatic N) is 2. The zero-order valence-corrected chi connectivity index (χ0v) is 9.17. The minimum absolute atomic E-state index is 0.593. The lowest BCUT2D eigenvalue weighted by Crippen LogP contribution is -2.07. The normalized spacial score (nSPS) is 12.4. The Kier molecular flexibility index (Phi) is 5.30. The summed E-state index contributed by atoms with van der Waals surface area (Å²) < 4.78 is 0. The minimum Gasteiger partial charge on any atom is -0.354 e. The lowest BCUT2D eigenvalue weighted by atomic mass is 10.1. The summed E-state index contributed by atoms with van der Waals surface area (Å²) in [6, 6.07) is 1.81. The SMILES string of the molecule is CC(CCl)CCCNc1ncccn1. The maximum absolute atomic E-state index is 5.70. The van der Waals surface area contributed by atoms with Crippen molar-refractivity contribution in [1.82, 2.24) is 9.97 Å². The van der Waals surface area contributed by atoms with Gasteiger partial charge in [0.2, 0.25) is 5.95 Å². The Bertz CT molecular complexity index is 240. The van der Waals surface area contributed by atoms with E-state index in [4.69, 9.17) is 11.6 Å². The molecule has 0 aliphatic carbocycles. The quantitative estimate of drug-likeness (QED) is 0.583. The number of halogens is 1. The van der Waals surface area contributed by atoms with Gasteiger partial charge >= 0.3 is 0 Å². The molecule has 0 radical (unpaired) electrons. The number of anilines is 1. The van der Waals surface area contributed by atoms with E-state index in [1.807, 2.05) is 0 Å². The van der Waals surface area contributed by atoms with Gasteiger partial charge < -0.3 is 5.32 Å². The molecule has 1 aromatic rings. The van der Waals surface area contributed by atoms with Crippen molar-refractivity contribution in [3.8, 4) is 0 Å². The van der Waals surface area contributed by atoms with E-state index in [1.54, 1.807) is 18.5 Å². The van der Waals surface area contributed by atoms with Crippen molar-refractivity contribution in [3.63, 3.8) is 0 Å². The molecule has 3 nitrogen and oxygen atoms in total. The second kappa shape index (κ2) is 6.60. The van der Waals surface area contributed by atoms with E-state index in [0.29, 0.717) is 11.9 Å². The Hall–Kier alpha value is -0.830. The van der Waals surface area contributed by atoms with Crippen molar-refractivity contribution < 1.29 is 0 Å². The first-order chi connectivity index (χ1) is 6.83. The highest BCUT2D eigenvalue weighted by atomic mass is 35.5. The first-order valence-corrected chi connectivity index (χ1v) is 5.43. The van der Waals surface area contributed by atoms with E-state index >= 15 is 0 Å². The second-order valence-electron chi connectivity index (χ2n) is 3.40. The lowest BCUT2D eigenvalue weighted by Gasteiger charge is -2.07. The summed E-state index contributed by atoms with van der Waals surface area (Å²) in [6.45, 7) is 3.07. The van der Waals surface area contributed by atoms with E-state index in [1.165, 1.54) is 0 Å². The zero-order chi connectivity index (χ0) is 10.2. The Morgan fingerprint density at radius 1 is 1.43 bits per heavy atom. The molecule has 1 heterocycles. The van der Waals surface area contributed by atoms with Crippen LogP contribution in [0.3, 0.4) is 0 Å². The fourth-order valence-corrected chi connectivity index (χ4v) is 1.27. The molecule has 0 spiro atoms. The predicted octanol–water partition coefficient (Wildman–Crippen LogP) is 2.54. The lowest BCUT2D eigenvalue weighted by molar-refractivity contribution is 0.572. The molecule has 0 saturated carbocycles. The molecule has 1 unspecified atom stereocenters. The summed E-state index contributed by atoms with van der Waals surface area (Å²) in [7, 11) is 0. The van der Waals surface area contributed by atoms with Gasteiger partial charge in [0.25, 0.3) is 0 Å². The molecule has 0 aromatic carbocycles. The van der Waals surface area contributed by atoms with E-state index in [9.17, 15) is 0 Å². The molecule has 4 heteroatoms. The van der Waals surface area contributed by atoms with Crippen molar-refractivity contribution in [3.05, 3.63) is 18.5 Å². The summed E-state index contributed by atoms with van der Waals surface area (Å²) >= 11 is 5.70. The average Bonchev–Trinajstić information content (AvgIpc) is 2.25. The highest BCUT2D eigenvalue weighted by Gasteiger charge is 1.99. The van der Waals surface area contributed by atoms with Gasteiger partial charge in [0.05, 0.1) is 0 Å². The molecular weight excluding hydrogens is 198 g/mol. The maximum Gasteiger partial charge on any atom is 0.222 e. The van der Waals surface area contributed by atoms with Gasteiger partial charge in [-0.05, 0) is 24.8 Å². The molecule has 1 atom stereocenters. The van der Waals surface area contributed by atoms with Crippen LogP contribution in [0.25, 0.3) is 0 Å². The zero-order valence-electron chi connectivity index (χ0n) is 8.41. The van der Waals surface area contributed by atoms with Gasteiger partial charge in [0, 0.05) is 24.8 Å². The van der Waals surface area contributed by atoms with Crippen LogP contribution in [0.4, 0.5) is 5.95 Å². The van der Waals surface area contributed by atoms with Gasteiger partial charge in [0.1, 0.15) is 0 Å². The number of aromatic nitrogens is 2. The third-order valence-electron chi connectivity index (χ3n) is 1.99. The van der Waals surface area contributed by atoms with Crippen molar-refractivity contribution in [2.45, 2.75) is 19.8 Å². The minimum atomic E-state index is 0.593. The van der Waals surface area contributed by atoms with Crippen LogP contribution in [0.1, 0.15) is 19.8 Å². The molecule has 0 amide bonds. The smallest absolute Gasteiger partial charge is 0.222 e. The van der Waals surface area contributed by atoms with Crippen molar-refractivity contribution >= 4 is 17.5 Å². The molecule has 0 bridgehead atoms. The Labute approximate surface area is 89.9 Å². The standard InChI is InChI=1S/C10H16ClN3/c1-9(8-11)4-2-5-12-10-13-6-3-7-14-10/h3,6-7,9H,2,4-5,8H2,1H3,(H,12,13,14). The second-order valence-corrected chi connectivity index (χ2v) is 3.71.